The van der Waals surface area contributed by atoms with E-state index in [0.29, 0.717) is 6.54 Å². The zero-order valence-electron chi connectivity index (χ0n) is 9.49. The highest BCUT2D eigenvalue weighted by molar-refractivity contribution is 5.10. The minimum atomic E-state index is 0.173. The summed E-state index contributed by atoms with van der Waals surface area (Å²) in [4.78, 5) is 0. The van der Waals surface area contributed by atoms with Crippen LogP contribution in [0, 0.1) is 18.8 Å². The molecule has 0 radical (unpaired) electrons. The van der Waals surface area contributed by atoms with E-state index in [9.17, 15) is 0 Å². The summed E-state index contributed by atoms with van der Waals surface area (Å²) in [5.74, 6) is 3.64. The van der Waals surface area contributed by atoms with E-state index in [1.54, 1.807) is 0 Å². The molecule has 1 fully saturated rings. The summed E-state index contributed by atoms with van der Waals surface area (Å²) in [5.41, 5.74) is 5.73. The van der Waals surface area contributed by atoms with Gasteiger partial charge in [-0.25, -0.2) is 0 Å². The molecule has 1 heterocycles. The Bertz CT molecular complexity index is 321. The maximum atomic E-state index is 5.73. The lowest BCUT2D eigenvalue weighted by molar-refractivity contribution is 0.398. The Labute approximate surface area is 91.0 Å². The van der Waals surface area contributed by atoms with Crippen LogP contribution in [0.5, 0.6) is 0 Å². The van der Waals surface area contributed by atoms with Crippen LogP contribution >= 0.6 is 0 Å². The highest BCUT2D eigenvalue weighted by atomic mass is 16.3. The second-order valence-corrected chi connectivity index (χ2v) is 4.62. The van der Waals surface area contributed by atoms with Crippen molar-refractivity contribution < 1.29 is 4.42 Å². The van der Waals surface area contributed by atoms with Crippen LogP contribution in [0.3, 0.4) is 0 Å². The second-order valence-electron chi connectivity index (χ2n) is 4.62. The van der Waals surface area contributed by atoms with E-state index in [4.69, 9.17) is 10.2 Å². The number of hydrogen-bond donors (Lipinski definition) is 2. The number of hydrogen-bond acceptors (Lipinski definition) is 3. The molecular formula is C12H20N2O. The Hall–Kier alpha value is -0.800. The van der Waals surface area contributed by atoms with Crippen LogP contribution in [-0.2, 0) is 0 Å². The zero-order chi connectivity index (χ0) is 10.8. The van der Waals surface area contributed by atoms with Crippen molar-refractivity contribution in [1.29, 1.82) is 0 Å². The van der Waals surface area contributed by atoms with Crippen LogP contribution in [0.4, 0.5) is 0 Å². The first kappa shape index (κ1) is 10.7. The molecule has 15 heavy (non-hydrogen) atoms. The first-order chi connectivity index (χ1) is 7.20. The molecule has 0 amide bonds. The normalized spacial score (nSPS) is 26.6. The SMILES string of the molecule is Cc1ccc(C(CN)NCC2CC2C)o1. The molecule has 84 valence electrons. The summed E-state index contributed by atoms with van der Waals surface area (Å²) in [7, 11) is 0. The van der Waals surface area contributed by atoms with Crippen molar-refractivity contribution in [1.82, 2.24) is 5.32 Å². The highest BCUT2D eigenvalue weighted by Crippen LogP contribution is 2.37. The van der Waals surface area contributed by atoms with Gasteiger partial charge in [0.25, 0.3) is 0 Å². The van der Waals surface area contributed by atoms with Crippen molar-refractivity contribution in [2.24, 2.45) is 17.6 Å². The monoisotopic (exact) mass is 208 g/mol. The van der Waals surface area contributed by atoms with E-state index in [-0.39, 0.29) is 6.04 Å². The van der Waals surface area contributed by atoms with Crippen molar-refractivity contribution in [3.63, 3.8) is 0 Å². The quantitative estimate of drug-likeness (QED) is 0.776. The summed E-state index contributed by atoms with van der Waals surface area (Å²) in [6.45, 7) is 5.90. The zero-order valence-corrected chi connectivity index (χ0v) is 9.49. The van der Waals surface area contributed by atoms with Gasteiger partial charge in [0.1, 0.15) is 11.5 Å². The standard InChI is InChI=1S/C12H20N2O/c1-8-5-10(8)7-14-11(6-13)12-4-3-9(2)15-12/h3-4,8,10-11,14H,5-7,13H2,1-2H3. The van der Waals surface area contributed by atoms with E-state index in [1.807, 2.05) is 19.1 Å². The molecule has 3 heteroatoms. The van der Waals surface area contributed by atoms with Crippen LogP contribution in [-0.4, -0.2) is 13.1 Å². The van der Waals surface area contributed by atoms with Gasteiger partial charge >= 0.3 is 0 Å². The number of furan rings is 1. The van der Waals surface area contributed by atoms with Gasteiger partial charge in [-0.15, -0.1) is 0 Å². The van der Waals surface area contributed by atoms with Gasteiger partial charge in [-0.2, -0.15) is 0 Å². The fourth-order valence-electron chi connectivity index (χ4n) is 1.92. The molecule has 3 unspecified atom stereocenters. The topological polar surface area (TPSA) is 51.2 Å². The Kier molecular flexibility index (Phi) is 3.12. The summed E-state index contributed by atoms with van der Waals surface area (Å²) >= 11 is 0. The van der Waals surface area contributed by atoms with Gasteiger partial charge in [-0.05, 0) is 43.9 Å². The minimum absolute atomic E-state index is 0.173. The highest BCUT2D eigenvalue weighted by Gasteiger charge is 2.32. The molecule has 0 aliphatic heterocycles. The number of nitrogens with two attached hydrogens (primary N) is 1. The maximum Gasteiger partial charge on any atom is 0.122 e. The van der Waals surface area contributed by atoms with Gasteiger partial charge in [0, 0.05) is 6.54 Å². The van der Waals surface area contributed by atoms with E-state index in [2.05, 4.69) is 12.2 Å². The molecule has 0 bridgehead atoms. The van der Waals surface area contributed by atoms with Gasteiger partial charge in [0.2, 0.25) is 0 Å². The molecule has 1 aromatic rings. The van der Waals surface area contributed by atoms with Gasteiger partial charge in [-0.1, -0.05) is 6.92 Å². The molecule has 3 atom stereocenters. The lowest BCUT2D eigenvalue weighted by atomic mass is 10.2. The van der Waals surface area contributed by atoms with Crippen molar-refractivity contribution in [3.05, 3.63) is 23.7 Å². The first-order valence-corrected chi connectivity index (χ1v) is 5.70. The summed E-state index contributed by atoms with van der Waals surface area (Å²) in [6, 6.07) is 4.17. The fraction of sp³-hybridized carbons (Fsp3) is 0.667. The second kappa shape index (κ2) is 4.37. The van der Waals surface area contributed by atoms with E-state index < -0.39 is 0 Å². The largest absolute Gasteiger partial charge is 0.465 e. The van der Waals surface area contributed by atoms with Gasteiger partial charge in [-0.3, -0.25) is 0 Å². The van der Waals surface area contributed by atoms with Crippen LogP contribution in [0.2, 0.25) is 0 Å². The van der Waals surface area contributed by atoms with Crippen molar-refractivity contribution in [3.8, 4) is 0 Å². The van der Waals surface area contributed by atoms with E-state index >= 15 is 0 Å². The Morgan fingerprint density at radius 3 is 2.80 bits per heavy atom. The van der Waals surface area contributed by atoms with Crippen molar-refractivity contribution in [2.45, 2.75) is 26.3 Å². The number of rotatable bonds is 5. The molecule has 1 aromatic heterocycles. The van der Waals surface area contributed by atoms with E-state index in [1.165, 1.54) is 6.42 Å². The molecule has 3 N–H and O–H groups in total. The Balaban J connectivity index is 1.86. The van der Waals surface area contributed by atoms with Gasteiger partial charge < -0.3 is 15.5 Å². The van der Waals surface area contributed by atoms with Crippen molar-refractivity contribution >= 4 is 0 Å². The molecule has 1 saturated carbocycles. The molecule has 2 rings (SSSR count). The minimum Gasteiger partial charge on any atom is -0.465 e. The fourth-order valence-corrected chi connectivity index (χ4v) is 1.92. The van der Waals surface area contributed by atoms with E-state index in [0.717, 1.165) is 29.9 Å². The third-order valence-corrected chi connectivity index (χ3v) is 3.24. The molecule has 3 nitrogen and oxygen atoms in total. The average Bonchev–Trinajstić information content (AvgIpc) is 2.73. The number of aryl methyl sites for hydroxylation is 1. The first-order valence-electron chi connectivity index (χ1n) is 5.70. The van der Waals surface area contributed by atoms with Crippen molar-refractivity contribution in [2.75, 3.05) is 13.1 Å². The molecular weight excluding hydrogens is 188 g/mol. The Morgan fingerprint density at radius 1 is 1.60 bits per heavy atom. The predicted molar refractivity (Wildman–Crippen MR) is 60.5 cm³/mol. The summed E-state index contributed by atoms with van der Waals surface area (Å²) in [6.07, 6.45) is 1.35. The molecule has 0 aromatic carbocycles. The Morgan fingerprint density at radius 2 is 2.33 bits per heavy atom. The smallest absolute Gasteiger partial charge is 0.122 e. The third-order valence-electron chi connectivity index (χ3n) is 3.24. The predicted octanol–water partition coefficient (Wildman–Crippen LogP) is 1.83. The lowest BCUT2D eigenvalue weighted by Gasteiger charge is -2.14. The van der Waals surface area contributed by atoms with Gasteiger partial charge in [0.15, 0.2) is 0 Å². The lowest BCUT2D eigenvalue weighted by Crippen LogP contribution is -2.29. The molecule has 0 spiro atoms. The van der Waals surface area contributed by atoms with Crippen LogP contribution in [0.25, 0.3) is 0 Å². The molecule has 1 aliphatic rings. The molecule has 1 aliphatic carbocycles. The maximum absolute atomic E-state index is 5.73. The average molecular weight is 208 g/mol. The van der Waals surface area contributed by atoms with Crippen LogP contribution < -0.4 is 11.1 Å². The summed E-state index contributed by atoms with van der Waals surface area (Å²) in [5, 5.41) is 3.47. The number of nitrogens with one attached hydrogen (secondary N) is 1. The molecule has 0 saturated heterocycles. The third kappa shape index (κ3) is 2.61. The van der Waals surface area contributed by atoms with Crippen LogP contribution in [0.1, 0.15) is 30.9 Å². The van der Waals surface area contributed by atoms with Crippen LogP contribution in [0.15, 0.2) is 16.5 Å². The summed E-state index contributed by atoms with van der Waals surface area (Å²) < 4.78 is 5.57. The van der Waals surface area contributed by atoms with Gasteiger partial charge in [0.05, 0.1) is 6.04 Å².